The quantitative estimate of drug-likeness (QED) is 0.569. The standard InChI is InChI=1S/C24H25N3O4/c1-3-13-24(18-10-5-4-6-11-18)22(29)27(23(30)26-24)15-21(28)25-16(2)20-14-17-9-7-8-12-19(17)31-20/h4-12,14,16H,3,13,15H2,1-2H3,(H,25,28)(H,26,30)/t16-,24+/m1/s1. The van der Waals surface area contributed by atoms with E-state index in [1.54, 1.807) is 6.92 Å². The molecule has 4 rings (SSSR count). The van der Waals surface area contributed by atoms with E-state index in [9.17, 15) is 14.4 Å². The van der Waals surface area contributed by atoms with Crippen molar-refractivity contribution in [2.45, 2.75) is 38.3 Å². The summed E-state index contributed by atoms with van der Waals surface area (Å²) in [6.07, 6.45) is 1.15. The Labute approximate surface area is 180 Å². The number of urea groups is 1. The molecule has 1 fully saturated rings. The van der Waals surface area contributed by atoms with Gasteiger partial charge in [0.25, 0.3) is 5.91 Å². The van der Waals surface area contributed by atoms with Crippen LogP contribution in [0.5, 0.6) is 0 Å². The summed E-state index contributed by atoms with van der Waals surface area (Å²) in [4.78, 5) is 39.6. The van der Waals surface area contributed by atoms with Gasteiger partial charge in [0, 0.05) is 5.39 Å². The zero-order chi connectivity index (χ0) is 22.0. The molecule has 2 heterocycles. The van der Waals surface area contributed by atoms with Gasteiger partial charge < -0.3 is 15.1 Å². The van der Waals surface area contributed by atoms with E-state index in [4.69, 9.17) is 4.42 Å². The monoisotopic (exact) mass is 419 g/mol. The number of hydrogen-bond donors (Lipinski definition) is 2. The molecular weight excluding hydrogens is 394 g/mol. The Kier molecular flexibility index (Phi) is 5.50. The topological polar surface area (TPSA) is 91.7 Å². The van der Waals surface area contributed by atoms with E-state index in [1.807, 2.05) is 67.6 Å². The maximum Gasteiger partial charge on any atom is 0.325 e. The van der Waals surface area contributed by atoms with Crippen molar-refractivity contribution in [3.63, 3.8) is 0 Å². The summed E-state index contributed by atoms with van der Waals surface area (Å²) in [5.41, 5.74) is 0.311. The van der Waals surface area contributed by atoms with E-state index in [0.29, 0.717) is 24.2 Å². The summed E-state index contributed by atoms with van der Waals surface area (Å²) in [6.45, 7) is 3.40. The molecule has 4 amide bonds. The van der Waals surface area contributed by atoms with E-state index in [0.717, 1.165) is 15.9 Å². The molecule has 0 radical (unpaired) electrons. The van der Waals surface area contributed by atoms with Crippen LogP contribution in [-0.4, -0.2) is 29.3 Å². The number of furan rings is 1. The molecular formula is C24H25N3O4. The van der Waals surface area contributed by atoms with Crippen LogP contribution < -0.4 is 10.6 Å². The lowest BCUT2D eigenvalue weighted by Gasteiger charge is -2.27. The Bertz CT molecular complexity index is 1090. The molecule has 1 aromatic heterocycles. The summed E-state index contributed by atoms with van der Waals surface area (Å²) in [5, 5.41) is 6.59. The summed E-state index contributed by atoms with van der Waals surface area (Å²) in [5.74, 6) is -0.231. The molecule has 0 spiro atoms. The molecule has 0 bridgehead atoms. The van der Waals surface area contributed by atoms with Gasteiger partial charge in [-0.25, -0.2) is 4.79 Å². The summed E-state index contributed by atoms with van der Waals surface area (Å²) in [6, 6.07) is 17.6. The number of benzene rings is 2. The fourth-order valence-corrected chi connectivity index (χ4v) is 4.09. The minimum atomic E-state index is -1.14. The normalized spacial score (nSPS) is 19.5. The second kappa shape index (κ2) is 8.26. The Morgan fingerprint density at radius 1 is 1.13 bits per heavy atom. The molecule has 1 saturated heterocycles. The first-order valence-corrected chi connectivity index (χ1v) is 10.4. The maximum absolute atomic E-state index is 13.3. The van der Waals surface area contributed by atoms with Gasteiger partial charge in [0.05, 0.1) is 6.04 Å². The molecule has 2 N–H and O–H groups in total. The van der Waals surface area contributed by atoms with Gasteiger partial charge in [0.15, 0.2) is 0 Å². The van der Waals surface area contributed by atoms with Gasteiger partial charge in [0.2, 0.25) is 5.91 Å². The molecule has 0 unspecified atom stereocenters. The number of carbonyl (C=O) groups excluding carboxylic acids is 3. The van der Waals surface area contributed by atoms with E-state index >= 15 is 0 Å². The number of nitrogens with one attached hydrogen (secondary N) is 2. The van der Waals surface area contributed by atoms with Crippen molar-refractivity contribution in [3.05, 3.63) is 72.0 Å². The first-order valence-electron chi connectivity index (χ1n) is 10.4. The highest BCUT2D eigenvalue weighted by Gasteiger charge is 2.52. The van der Waals surface area contributed by atoms with Crippen molar-refractivity contribution in [2.24, 2.45) is 0 Å². The molecule has 2 atom stereocenters. The van der Waals surface area contributed by atoms with E-state index in [-0.39, 0.29) is 6.54 Å². The van der Waals surface area contributed by atoms with Crippen LogP contribution in [0.4, 0.5) is 4.79 Å². The third-order valence-electron chi connectivity index (χ3n) is 5.62. The summed E-state index contributed by atoms with van der Waals surface area (Å²) in [7, 11) is 0. The molecule has 31 heavy (non-hydrogen) atoms. The molecule has 1 aliphatic heterocycles. The lowest BCUT2D eigenvalue weighted by atomic mass is 9.85. The van der Waals surface area contributed by atoms with Crippen LogP contribution in [0.3, 0.4) is 0 Å². The zero-order valence-electron chi connectivity index (χ0n) is 17.6. The number of carbonyl (C=O) groups is 3. The van der Waals surface area contributed by atoms with Crippen molar-refractivity contribution in [1.29, 1.82) is 0 Å². The van der Waals surface area contributed by atoms with Gasteiger partial charge in [-0.1, -0.05) is 61.9 Å². The third kappa shape index (κ3) is 3.79. The van der Waals surface area contributed by atoms with Gasteiger partial charge in [-0.15, -0.1) is 0 Å². The number of nitrogens with zero attached hydrogens (tertiary/aromatic N) is 1. The Morgan fingerprint density at radius 3 is 2.55 bits per heavy atom. The Morgan fingerprint density at radius 2 is 1.84 bits per heavy atom. The fourth-order valence-electron chi connectivity index (χ4n) is 4.09. The minimum absolute atomic E-state index is 0.354. The van der Waals surface area contributed by atoms with Crippen molar-refractivity contribution >= 4 is 28.8 Å². The molecule has 0 aliphatic carbocycles. The van der Waals surface area contributed by atoms with E-state index in [1.165, 1.54) is 0 Å². The fraction of sp³-hybridized carbons (Fsp3) is 0.292. The van der Waals surface area contributed by atoms with Crippen molar-refractivity contribution in [3.8, 4) is 0 Å². The van der Waals surface area contributed by atoms with Crippen LogP contribution in [0.15, 0.2) is 65.1 Å². The van der Waals surface area contributed by atoms with Crippen LogP contribution in [0, 0.1) is 0 Å². The number of amides is 4. The van der Waals surface area contributed by atoms with Crippen molar-refractivity contribution in [1.82, 2.24) is 15.5 Å². The lowest BCUT2D eigenvalue weighted by Crippen LogP contribution is -2.45. The van der Waals surface area contributed by atoms with Crippen LogP contribution in [-0.2, 0) is 15.1 Å². The van der Waals surface area contributed by atoms with Crippen LogP contribution in [0.2, 0.25) is 0 Å². The molecule has 3 aromatic rings. The van der Waals surface area contributed by atoms with Gasteiger partial charge in [-0.3, -0.25) is 14.5 Å². The van der Waals surface area contributed by atoms with E-state index < -0.39 is 29.4 Å². The first kappa shape index (κ1) is 20.7. The largest absolute Gasteiger partial charge is 0.459 e. The van der Waals surface area contributed by atoms with Crippen LogP contribution in [0.25, 0.3) is 11.0 Å². The number of imide groups is 1. The first-order chi connectivity index (χ1) is 14.9. The van der Waals surface area contributed by atoms with Gasteiger partial charge in [0.1, 0.15) is 23.4 Å². The number of hydrogen-bond acceptors (Lipinski definition) is 4. The predicted octanol–water partition coefficient (Wildman–Crippen LogP) is 3.86. The van der Waals surface area contributed by atoms with Gasteiger partial charge in [-0.2, -0.15) is 0 Å². The SMILES string of the molecule is CCC[C@@]1(c2ccccc2)NC(=O)N(CC(=O)N[C@H](C)c2cc3ccccc3o2)C1=O. The highest BCUT2D eigenvalue weighted by molar-refractivity contribution is 6.09. The smallest absolute Gasteiger partial charge is 0.325 e. The van der Waals surface area contributed by atoms with Crippen LogP contribution >= 0.6 is 0 Å². The predicted molar refractivity (Wildman–Crippen MR) is 116 cm³/mol. The second-order valence-corrected chi connectivity index (χ2v) is 7.82. The Balaban J connectivity index is 1.48. The van der Waals surface area contributed by atoms with Gasteiger partial charge in [-0.05, 0) is 31.0 Å². The summed E-state index contributed by atoms with van der Waals surface area (Å²) >= 11 is 0. The molecule has 160 valence electrons. The number of para-hydroxylation sites is 1. The third-order valence-corrected chi connectivity index (χ3v) is 5.62. The molecule has 7 nitrogen and oxygen atoms in total. The highest BCUT2D eigenvalue weighted by atomic mass is 16.3. The van der Waals surface area contributed by atoms with Crippen LogP contribution in [0.1, 0.15) is 44.1 Å². The minimum Gasteiger partial charge on any atom is -0.459 e. The van der Waals surface area contributed by atoms with Gasteiger partial charge >= 0.3 is 6.03 Å². The molecule has 7 heteroatoms. The van der Waals surface area contributed by atoms with Crippen molar-refractivity contribution in [2.75, 3.05) is 6.54 Å². The highest BCUT2D eigenvalue weighted by Crippen LogP contribution is 2.33. The molecule has 2 aromatic carbocycles. The average Bonchev–Trinajstić information content (AvgIpc) is 3.30. The lowest BCUT2D eigenvalue weighted by molar-refractivity contribution is -0.135. The number of fused-ring (bicyclic) bond motifs is 1. The summed E-state index contributed by atoms with van der Waals surface area (Å²) < 4.78 is 5.79. The maximum atomic E-state index is 13.3. The average molecular weight is 419 g/mol. The zero-order valence-corrected chi connectivity index (χ0v) is 17.6. The second-order valence-electron chi connectivity index (χ2n) is 7.82. The molecule has 1 aliphatic rings. The Hall–Kier alpha value is -3.61. The molecule has 0 saturated carbocycles. The van der Waals surface area contributed by atoms with Crippen molar-refractivity contribution < 1.29 is 18.8 Å². The number of rotatable bonds is 7. The van der Waals surface area contributed by atoms with E-state index in [2.05, 4.69) is 10.6 Å².